The number of nitrogens with zero attached hydrogens (tertiary/aromatic N) is 2. The van der Waals surface area contributed by atoms with Crippen LogP contribution in [0.5, 0.6) is 5.75 Å². The molecule has 1 aromatic heterocycles. The van der Waals surface area contributed by atoms with Crippen molar-refractivity contribution in [3.63, 3.8) is 0 Å². The Kier molecular flexibility index (Phi) is 6.21. The van der Waals surface area contributed by atoms with Crippen molar-refractivity contribution in [1.29, 1.82) is 0 Å². The molecule has 0 bridgehead atoms. The molecule has 2 aromatic carbocycles. The van der Waals surface area contributed by atoms with E-state index in [1.807, 2.05) is 30.3 Å². The van der Waals surface area contributed by atoms with E-state index in [4.69, 9.17) is 4.74 Å². The van der Waals surface area contributed by atoms with Crippen molar-refractivity contribution in [3.05, 3.63) is 60.4 Å². The largest absolute Gasteiger partial charge is 0.491 e. The van der Waals surface area contributed by atoms with Crippen LogP contribution >= 0.6 is 23.1 Å². The normalized spacial score (nSPS) is 11.9. The fraction of sp³-hybridized carbons (Fsp3) is 0.176. The van der Waals surface area contributed by atoms with Crippen molar-refractivity contribution in [3.8, 4) is 5.75 Å². The molecule has 2 N–H and O–H groups in total. The molecule has 3 rings (SSSR count). The fourth-order valence-electron chi connectivity index (χ4n) is 1.92. The summed E-state index contributed by atoms with van der Waals surface area (Å²) in [4.78, 5) is 0. The van der Waals surface area contributed by atoms with Gasteiger partial charge >= 0.3 is 0 Å². The average molecular weight is 377 g/mol. The van der Waals surface area contributed by atoms with Crippen molar-refractivity contribution in [2.24, 2.45) is 0 Å². The molecule has 25 heavy (non-hydrogen) atoms. The van der Waals surface area contributed by atoms with Gasteiger partial charge in [-0.05, 0) is 24.3 Å². The zero-order valence-electron chi connectivity index (χ0n) is 13.1. The van der Waals surface area contributed by atoms with Gasteiger partial charge in [-0.3, -0.25) is 0 Å². The number of ether oxygens (including phenoxy) is 1. The molecule has 1 atom stereocenters. The second-order valence-corrected chi connectivity index (χ2v) is 7.31. The van der Waals surface area contributed by atoms with E-state index in [9.17, 15) is 9.50 Å². The van der Waals surface area contributed by atoms with E-state index in [1.165, 1.54) is 29.2 Å². The molecule has 1 unspecified atom stereocenters. The summed E-state index contributed by atoms with van der Waals surface area (Å²) in [6, 6.07) is 15.7. The van der Waals surface area contributed by atoms with E-state index < -0.39 is 6.10 Å². The molecule has 130 valence electrons. The van der Waals surface area contributed by atoms with Gasteiger partial charge in [0.1, 0.15) is 18.2 Å². The van der Waals surface area contributed by atoms with E-state index in [1.54, 1.807) is 18.2 Å². The summed E-state index contributed by atoms with van der Waals surface area (Å²) < 4.78 is 19.8. The lowest BCUT2D eigenvalue weighted by molar-refractivity contribution is 0.126. The summed E-state index contributed by atoms with van der Waals surface area (Å²) in [7, 11) is 0. The third kappa shape index (κ3) is 5.42. The minimum Gasteiger partial charge on any atom is -0.491 e. The topological polar surface area (TPSA) is 67.3 Å². The Morgan fingerprint density at radius 2 is 1.88 bits per heavy atom. The molecule has 0 saturated carbocycles. The third-order valence-electron chi connectivity index (χ3n) is 3.11. The number of thioether (sulfide) groups is 1. The molecular weight excluding hydrogens is 361 g/mol. The number of halogens is 1. The minimum absolute atomic E-state index is 0.205. The molecule has 0 fully saturated rings. The molecule has 1 heterocycles. The smallest absolute Gasteiger partial charge is 0.210 e. The molecule has 5 nitrogen and oxygen atoms in total. The predicted molar refractivity (Wildman–Crippen MR) is 98.3 cm³/mol. The number of rotatable bonds is 8. The first-order valence-corrected chi connectivity index (χ1v) is 9.34. The number of benzene rings is 2. The Bertz CT molecular complexity index is 801. The molecule has 3 aromatic rings. The lowest BCUT2D eigenvalue weighted by atomic mass is 10.3. The van der Waals surface area contributed by atoms with Gasteiger partial charge in [-0.1, -0.05) is 53.4 Å². The van der Waals surface area contributed by atoms with Crippen LogP contribution < -0.4 is 10.1 Å². The maximum absolute atomic E-state index is 13.6. The molecule has 0 aliphatic rings. The van der Waals surface area contributed by atoms with Crippen LogP contribution in [0.2, 0.25) is 0 Å². The highest BCUT2D eigenvalue weighted by molar-refractivity contribution is 8.01. The van der Waals surface area contributed by atoms with Gasteiger partial charge in [-0.15, -0.1) is 10.2 Å². The highest BCUT2D eigenvalue weighted by Gasteiger charge is 2.11. The average Bonchev–Trinajstić information content (AvgIpc) is 3.08. The molecular formula is C17H16FN3O2S2. The highest BCUT2D eigenvalue weighted by atomic mass is 32.2. The summed E-state index contributed by atoms with van der Waals surface area (Å²) in [5.74, 6) is 0.806. The monoisotopic (exact) mass is 377 g/mol. The number of para-hydroxylation sites is 2. The summed E-state index contributed by atoms with van der Waals surface area (Å²) in [5, 5.41) is 21.4. The fourth-order valence-corrected chi connectivity index (χ4v) is 3.62. The molecule has 0 aliphatic heterocycles. The van der Waals surface area contributed by atoms with Crippen LogP contribution in [-0.2, 0) is 0 Å². The van der Waals surface area contributed by atoms with Crippen molar-refractivity contribution in [2.75, 3.05) is 17.7 Å². The van der Waals surface area contributed by atoms with Gasteiger partial charge in [-0.25, -0.2) is 4.39 Å². The molecule has 0 spiro atoms. The van der Waals surface area contributed by atoms with Gasteiger partial charge in [0.15, 0.2) is 4.34 Å². The van der Waals surface area contributed by atoms with Gasteiger partial charge in [0.25, 0.3) is 0 Å². The van der Waals surface area contributed by atoms with Crippen LogP contribution in [-0.4, -0.2) is 33.8 Å². The second kappa shape index (κ2) is 8.80. The van der Waals surface area contributed by atoms with Crippen LogP contribution in [0.4, 0.5) is 15.2 Å². The number of anilines is 2. The molecule has 0 aliphatic carbocycles. The number of nitrogens with one attached hydrogen (secondary N) is 1. The van der Waals surface area contributed by atoms with Gasteiger partial charge < -0.3 is 15.2 Å². The molecule has 0 radical (unpaired) electrons. The maximum atomic E-state index is 13.6. The Morgan fingerprint density at radius 1 is 1.12 bits per heavy atom. The van der Waals surface area contributed by atoms with Gasteiger partial charge in [0.2, 0.25) is 5.13 Å². The first kappa shape index (κ1) is 17.7. The zero-order chi connectivity index (χ0) is 17.5. The van der Waals surface area contributed by atoms with E-state index in [-0.39, 0.29) is 12.4 Å². The third-order valence-corrected chi connectivity index (χ3v) is 5.22. The molecule has 0 amide bonds. The molecule has 0 saturated heterocycles. The summed E-state index contributed by atoms with van der Waals surface area (Å²) in [5.41, 5.74) is 0.353. The van der Waals surface area contributed by atoms with Crippen LogP contribution in [0.25, 0.3) is 0 Å². The van der Waals surface area contributed by atoms with Crippen molar-refractivity contribution in [2.45, 2.75) is 10.4 Å². The number of aliphatic hydroxyl groups excluding tert-OH is 1. The zero-order valence-corrected chi connectivity index (χ0v) is 14.8. The Hall–Kier alpha value is -2.16. The lowest BCUT2D eigenvalue weighted by Gasteiger charge is -2.10. The highest BCUT2D eigenvalue weighted by Crippen LogP contribution is 2.28. The van der Waals surface area contributed by atoms with E-state index >= 15 is 0 Å². The first-order valence-electron chi connectivity index (χ1n) is 7.54. The quantitative estimate of drug-likeness (QED) is 0.580. The maximum Gasteiger partial charge on any atom is 0.210 e. The summed E-state index contributed by atoms with van der Waals surface area (Å²) >= 11 is 2.68. The first-order chi connectivity index (χ1) is 12.2. The number of hydrogen-bond donors (Lipinski definition) is 2. The van der Waals surface area contributed by atoms with E-state index in [0.29, 0.717) is 20.9 Å². The van der Waals surface area contributed by atoms with Crippen molar-refractivity contribution in [1.82, 2.24) is 10.2 Å². The van der Waals surface area contributed by atoms with Crippen LogP contribution in [0.1, 0.15) is 0 Å². The van der Waals surface area contributed by atoms with Gasteiger partial charge in [0.05, 0.1) is 11.8 Å². The van der Waals surface area contributed by atoms with Crippen LogP contribution in [0.15, 0.2) is 58.9 Å². The van der Waals surface area contributed by atoms with E-state index in [0.717, 1.165) is 5.75 Å². The Morgan fingerprint density at radius 3 is 2.68 bits per heavy atom. The molecule has 8 heteroatoms. The second-order valence-electron chi connectivity index (χ2n) is 5.07. The lowest BCUT2D eigenvalue weighted by Crippen LogP contribution is -2.19. The number of aliphatic hydroxyl groups is 1. The SMILES string of the molecule is OC(COc1ccccc1)CSc1nnc(Nc2ccccc2F)s1. The van der Waals surface area contributed by atoms with Crippen molar-refractivity contribution >= 4 is 33.9 Å². The summed E-state index contributed by atoms with van der Waals surface area (Å²) in [6.45, 7) is 0.205. The Labute approximate surface area is 152 Å². The number of aromatic nitrogens is 2. The minimum atomic E-state index is -0.628. The Balaban J connectivity index is 1.46. The van der Waals surface area contributed by atoms with Crippen molar-refractivity contribution < 1.29 is 14.2 Å². The predicted octanol–water partition coefficient (Wildman–Crippen LogP) is 3.95. The van der Waals surface area contributed by atoms with Gasteiger partial charge in [0, 0.05) is 5.75 Å². The van der Waals surface area contributed by atoms with Gasteiger partial charge in [-0.2, -0.15) is 0 Å². The summed E-state index contributed by atoms with van der Waals surface area (Å²) in [6.07, 6.45) is -0.628. The number of hydrogen-bond acceptors (Lipinski definition) is 7. The van der Waals surface area contributed by atoms with Crippen LogP contribution in [0.3, 0.4) is 0 Å². The van der Waals surface area contributed by atoms with E-state index in [2.05, 4.69) is 15.5 Å². The van der Waals surface area contributed by atoms with Crippen LogP contribution in [0, 0.1) is 5.82 Å². The standard InChI is InChI=1S/C17H16FN3O2S2/c18-14-8-4-5-9-15(14)19-16-20-21-17(25-16)24-11-12(22)10-23-13-6-2-1-3-7-13/h1-9,12,22H,10-11H2,(H,19,20).